The first-order chi connectivity index (χ1) is 19.5. The van der Waals surface area contributed by atoms with E-state index in [1.807, 2.05) is 0 Å². The Kier molecular flexibility index (Phi) is 7.41. The van der Waals surface area contributed by atoms with Crippen LogP contribution in [0.2, 0.25) is 10.0 Å². The Labute approximate surface area is 240 Å². The predicted octanol–water partition coefficient (Wildman–Crippen LogP) is 5.31. The second-order valence-corrected chi connectivity index (χ2v) is 9.71. The van der Waals surface area contributed by atoms with Gasteiger partial charge in [0.1, 0.15) is 11.2 Å². The lowest BCUT2D eigenvalue weighted by Gasteiger charge is -2.14. The molecule has 0 spiro atoms. The van der Waals surface area contributed by atoms with Crippen molar-refractivity contribution in [2.75, 3.05) is 12.4 Å². The minimum Gasteiger partial charge on any atom is -0.355 e. The van der Waals surface area contributed by atoms with Crippen molar-refractivity contribution in [2.45, 2.75) is 19.6 Å². The number of carbonyl (C=O) groups is 2. The molecule has 3 heterocycles. The van der Waals surface area contributed by atoms with Crippen molar-refractivity contribution in [3.05, 3.63) is 92.9 Å². The van der Waals surface area contributed by atoms with Crippen LogP contribution in [0, 0.1) is 6.92 Å². The van der Waals surface area contributed by atoms with E-state index in [-0.39, 0.29) is 39.8 Å². The summed E-state index contributed by atoms with van der Waals surface area (Å²) in [6.07, 6.45) is -3.05. The molecule has 3 aromatic heterocycles. The van der Waals surface area contributed by atoms with Crippen molar-refractivity contribution in [3.63, 3.8) is 0 Å². The molecule has 0 radical (unpaired) electrons. The summed E-state index contributed by atoms with van der Waals surface area (Å²) in [5, 5.41) is 18.1. The zero-order valence-electron chi connectivity index (χ0n) is 21.3. The van der Waals surface area contributed by atoms with Crippen LogP contribution in [0.5, 0.6) is 0 Å². The Morgan fingerprint density at radius 1 is 1.05 bits per heavy atom. The molecule has 2 aromatic carbocycles. The normalized spacial score (nSPS) is 11.6. The highest BCUT2D eigenvalue weighted by atomic mass is 35.5. The van der Waals surface area contributed by atoms with Gasteiger partial charge in [-0.1, -0.05) is 28.4 Å². The van der Waals surface area contributed by atoms with Crippen LogP contribution in [-0.4, -0.2) is 48.6 Å². The maximum atomic E-state index is 13.6. The largest absolute Gasteiger partial charge is 0.416 e. The van der Waals surface area contributed by atoms with E-state index in [1.165, 1.54) is 40.8 Å². The van der Waals surface area contributed by atoms with Gasteiger partial charge in [0.2, 0.25) is 0 Å². The van der Waals surface area contributed by atoms with E-state index >= 15 is 0 Å². The number of nitrogens with zero attached hydrogens (tertiary/aromatic N) is 6. The Morgan fingerprint density at radius 3 is 2.54 bits per heavy atom. The molecule has 5 rings (SSSR count). The highest BCUT2D eigenvalue weighted by Crippen LogP contribution is 2.31. The summed E-state index contributed by atoms with van der Waals surface area (Å²) >= 11 is 12.5. The number of halogens is 5. The van der Waals surface area contributed by atoms with Crippen molar-refractivity contribution in [1.29, 1.82) is 0 Å². The zero-order chi connectivity index (χ0) is 29.5. The lowest BCUT2D eigenvalue weighted by atomic mass is 10.1. The Hall–Kier alpha value is -4.49. The molecule has 0 saturated carbocycles. The number of nitrogens with one attached hydrogen (secondary N) is 2. The molecule has 15 heteroatoms. The molecule has 0 bridgehead atoms. The van der Waals surface area contributed by atoms with Crippen molar-refractivity contribution in [2.24, 2.45) is 0 Å². The smallest absolute Gasteiger partial charge is 0.355 e. The van der Waals surface area contributed by atoms with Gasteiger partial charge in [0.25, 0.3) is 11.8 Å². The molecule has 2 amide bonds. The van der Waals surface area contributed by atoms with Gasteiger partial charge >= 0.3 is 6.18 Å². The van der Waals surface area contributed by atoms with E-state index in [1.54, 1.807) is 25.1 Å². The van der Waals surface area contributed by atoms with Gasteiger partial charge in [0.05, 0.1) is 39.6 Å². The number of aromatic nitrogens is 6. The van der Waals surface area contributed by atoms with E-state index < -0.39 is 23.6 Å². The van der Waals surface area contributed by atoms with E-state index in [2.05, 4.69) is 31.0 Å². The lowest BCUT2D eigenvalue weighted by Crippen LogP contribution is -2.23. The molecule has 0 unspecified atom stereocenters. The number of fused-ring (bicyclic) bond motifs is 1. The fourth-order valence-electron chi connectivity index (χ4n) is 4.18. The van der Waals surface area contributed by atoms with Crippen LogP contribution in [-0.2, 0) is 12.7 Å². The third-order valence-electron chi connectivity index (χ3n) is 6.10. The molecule has 41 heavy (non-hydrogen) atoms. The number of pyridine rings is 1. The number of benzene rings is 2. The monoisotopic (exact) mass is 602 g/mol. The van der Waals surface area contributed by atoms with Crippen LogP contribution in [0.25, 0.3) is 16.9 Å². The van der Waals surface area contributed by atoms with Gasteiger partial charge in [-0.2, -0.15) is 18.3 Å². The lowest BCUT2D eigenvalue weighted by molar-refractivity contribution is -0.137. The summed E-state index contributed by atoms with van der Waals surface area (Å²) in [6, 6.07) is 10.8. The number of carbonyl (C=O) groups excluding carboxylic acids is 2. The molecule has 0 aliphatic heterocycles. The molecule has 0 atom stereocenters. The van der Waals surface area contributed by atoms with Gasteiger partial charge in [-0.15, -0.1) is 5.10 Å². The topological polar surface area (TPSA) is 120 Å². The average Bonchev–Trinajstić information content (AvgIpc) is 3.53. The maximum absolute atomic E-state index is 13.6. The van der Waals surface area contributed by atoms with Crippen molar-refractivity contribution < 1.29 is 22.8 Å². The summed E-state index contributed by atoms with van der Waals surface area (Å²) in [5.41, 5.74) is 0.789. The molecule has 5 aromatic rings. The highest BCUT2D eigenvalue weighted by Gasteiger charge is 2.31. The molecule has 10 nitrogen and oxygen atoms in total. The number of anilines is 1. The summed E-state index contributed by atoms with van der Waals surface area (Å²) in [4.78, 5) is 30.4. The predicted molar refractivity (Wildman–Crippen MR) is 146 cm³/mol. The maximum Gasteiger partial charge on any atom is 0.416 e. The summed E-state index contributed by atoms with van der Waals surface area (Å²) in [7, 11) is 1.45. The molecule has 0 fully saturated rings. The molecule has 0 aliphatic carbocycles. The SMILES string of the molecule is CNC(=O)c1cc(Cl)cc(C)c1NC(=O)c1cc(Cn2nnc3cc(C(F)(F)F)ccc32)nn1-c1ncccc1Cl. The fraction of sp³-hybridized carbons (Fsp3) is 0.154. The fourth-order valence-corrected chi connectivity index (χ4v) is 4.66. The molecule has 0 aliphatic rings. The number of rotatable bonds is 6. The van der Waals surface area contributed by atoms with Gasteiger partial charge in [-0.05, 0) is 61.0 Å². The van der Waals surface area contributed by atoms with Crippen molar-refractivity contribution in [3.8, 4) is 5.82 Å². The van der Waals surface area contributed by atoms with Crippen LogP contribution < -0.4 is 10.6 Å². The van der Waals surface area contributed by atoms with Crippen LogP contribution in [0.1, 0.15) is 37.7 Å². The first-order valence-corrected chi connectivity index (χ1v) is 12.7. The average molecular weight is 603 g/mol. The van der Waals surface area contributed by atoms with Gasteiger partial charge in [0, 0.05) is 18.3 Å². The van der Waals surface area contributed by atoms with Crippen LogP contribution in [0.4, 0.5) is 18.9 Å². The zero-order valence-corrected chi connectivity index (χ0v) is 22.8. The minimum atomic E-state index is -4.53. The van der Waals surface area contributed by atoms with Gasteiger partial charge < -0.3 is 10.6 Å². The van der Waals surface area contributed by atoms with E-state index in [9.17, 15) is 22.8 Å². The molecular weight excluding hydrogens is 584 g/mol. The van der Waals surface area contributed by atoms with E-state index in [0.717, 1.165) is 12.1 Å². The number of aryl methyl sites for hydroxylation is 1. The third-order valence-corrected chi connectivity index (χ3v) is 6.61. The Bertz CT molecular complexity index is 1820. The van der Waals surface area contributed by atoms with Gasteiger partial charge in [-0.3, -0.25) is 9.59 Å². The standard InChI is InChI=1S/C26H19Cl2F3N8O2/c1-13-8-15(27)10-17(24(40)32-2)22(13)34-25(41)21-11-16(36-39(21)23-18(28)4-3-7-33-23)12-38-20-6-5-14(26(29,30)31)9-19(20)35-37-38/h3-11H,12H2,1-2H3,(H,32,40)(H,34,41). The minimum absolute atomic E-state index is 0.0154. The first kappa shape index (κ1) is 28.1. The second-order valence-electron chi connectivity index (χ2n) is 8.87. The molecular formula is C26H19Cl2F3N8O2. The molecule has 210 valence electrons. The quantitative estimate of drug-likeness (QED) is 0.272. The van der Waals surface area contributed by atoms with Gasteiger partial charge in [0.15, 0.2) is 5.82 Å². The van der Waals surface area contributed by atoms with Gasteiger partial charge in [-0.25, -0.2) is 14.3 Å². The second kappa shape index (κ2) is 10.8. The number of hydrogen-bond acceptors (Lipinski definition) is 6. The highest BCUT2D eigenvalue weighted by molar-refractivity contribution is 6.32. The van der Waals surface area contributed by atoms with Crippen molar-refractivity contribution >= 4 is 51.7 Å². The van der Waals surface area contributed by atoms with Crippen LogP contribution >= 0.6 is 23.2 Å². The molecule has 0 saturated heterocycles. The van der Waals surface area contributed by atoms with Crippen molar-refractivity contribution in [1.82, 2.24) is 35.1 Å². The van der Waals surface area contributed by atoms with E-state index in [0.29, 0.717) is 21.8 Å². The number of alkyl halides is 3. The Balaban J connectivity index is 1.55. The number of hydrogen-bond donors (Lipinski definition) is 2. The summed E-state index contributed by atoms with van der Waals surface area (Å²) in [6.45, 7) is 1.65. The summed E-state index contributed by atoms with van der Waals surface area (Å²) < 4.78 is 42.0. The Morgan fingerprint density at radius 2 is 1.83 bits per heavy atom. The molecule has 2 N–H and O–H groups in total. The number of amides is 2. The summed E-state index contributed by atoms with van der Waals surface area (Å²) in [5.74, 6) is -0.942. The first-order valence-electron chi connectivity index (χ1n) is 11.9. The van der Waals surface area contributed by atoms with Crippen LogP contribution in [0.3, 0.4) is 0 Å². The third kappa shape index (κ3) is 5.58. The van der Waals surface area contributed by atoms with Crippen LogP contribution in [0.15, 0.2) is 54.7 Å². The van der Waals surface area contributed by atoms with E-state index in [4.69, 9.17) is 23.2 Å².